The molecule has 0 amide bonds. The van der Waals surface area contributed by atoms with Crippen LogP contribution in [0.1, 0.15) is 17.2 Å². The Morgan fingerprint density at radius 2 is 1.41 bits per heavy atom. The average molecular weight is 319 g/mol. The molecule has 118 valence electrons. The van der Waals surface area contributed by atoms with Crippen LogP contribution in [0.15, 0.2) is 60.7 Å². The van der Waals surface area contributed by atoms with Crippen LogP contribution in [0.2, 0.25) is 0 Å². The van der Waals surface area contributed by atoms with Crippen molar-refractivity contribution in [3.05, 3.63) is 71.8 Å². The number of likely N-dealkylation sites (N-methyl/N-ethyl adjacent to an activating group) is 1. The van der Waals surface area contributed by atoms with E-state index in [1.165, 1.54) is 10.6 Å². The molecule has 2 rings (SSSR count). The van der Waals surface area contributed by atoms with Crippen LogP contribution >= 0.6 is 0 Å². The fourth-order valence-corrected chi connectivity index (χ4v) is 2.51. The predicted octanol–water partition coefficient (Wildman–Crippen LogP) is 2.68. The van der Waals surface area contributed by atoms with Crippen molar-refractivity contribution >= 4 is 10.0 Å². The summed E-state index contributed by atoms with van der Waals surface area (Å²) in [7, 11) is -1.62. The second kappa shape index (κ2) is 7.54. The molecule has 0 saturated heterocycles. The Bertz CT molecular complexity index is 632. The molecule has 0 unspecified atom stereocenters. The molecule has 0 aromatic heterocycles. The predicted molar refractivity (Wildman–Crippen MR) is 88.2 cm³/mol. The summed E-state index contributed by atoms with van der Waals surface area (Å²) in [6, 6.07) is 19.8. The Balaban J connectivity index is 2.10. The highest BCUT2D eigenvalue weighted by Gasteiger charge is 2.16. The van der Waals surface area contributed by atoms with E-state index in [1.807, 2.05) is 60.7 Å². The molecule has 0 fully saturated rings. The van der Waals surface area contributed by atoms with Crippen LogP contribution in [0, 0.1) is 0 Å². The van der Waals surface area contributed by atoms with Crippen molar-refractivity contribution in [2.24, 2.45) is 0 Å². The summed E-state index contributed by atoms with van der Waals surface area (Å²) in [5.41, 5.74) is 2.10. The largest absolute Gasteiger partial charge is 0.367 e. The second-order valence-corrected chi connectivity index (χ2v) is 7.25. The zero-order valence-electron chi connectivity index (χ0n) is 12.8. The Hall–Kier alpha value is -1.69. The van der Waals surface area contributed by atoms with Gasteiger partial charge in [-0.1, -0.05) is 60.7 Å². The molecule has 22 heavy (non-hydrogen) atoms. The second-order valence-electron chi connectivity index (χ2n) is 5.16. The molecule has 4 nitrogen and oxygen atoms in total. The van der Waals surface area contributed by atoms with Gasteiger partial charge < -0.3 is 4.74 Å². The normalized spacial score (nSPS) is 12.0. The van der Waals surface area contributed by atoms with Crippen molar-refractivity contribution in [2.75, 3.05) is 26.5 Å². The highest BCUT2D eigenvalue weighted by Crippen LogP contribution is 2.25. The Labute approximate surface area is 132 Å². The van der Waals surface area contributed by atoms with E-state index in [0.29, 0.717) is 13.2 Å². The molecular formula is C17H21NO3S. The molecule has 0 radical (unpaired) electrons. The Kier molecular flexibility index (Phi) is 5.71. The van der Waals surface area contributed by atoms with E-state index in [1.54, 1.807) is 7.05 Å². The molecule has 2 aromatic carbocycles. The van der Waals surface area contributed by atoms with E-state index >= 15 is 0 Å². The first-order valence-electron chi connectivity index (χ1n) is 7.11. The van der Waals surface area contributed by atoms with Gasteiger partial charge in [0.25, 0.3) is 0 Å². The molecular weight excluding hydrogens is 298 g/mol. The molecule has 5 heteroatoms. The first-order valence-corrected chi connectivity index (χ1v) is 8.96. The molecule has 0 saturated carbocycles. The van der Waals surface area contributed by atoms with Gasteiger partial charge in [0.1, 0.15) is 6.10 Å². The zero-order chi connectivity index (χ0) is 16.0. The van der Waals surface area contributed by atoms with Crippen LogP contribution < -0.4 is 0 Å². The minimum atomic E-state index is -3.18. The first kappa shape index (κ1) is 16.7. The molecule has 0 aliphatic heterocycles. The summed E-state index contributed by atoms with van der Waals surface area (Å²) >= 11 is 0. The fourth-order valence-electron chi connectivity index (χ4n) is 2.11. The molecule has 0 spiro atoms. The molecule has 0 aliphatic rings. The number of rotatable bonds is 7. The van der Waals surface area contributed by atoms with Gasteiger partial charge in [-0.15, -0.1) is 0 Å². The van der Waals surface area contributed by atoms with E-state index in [9.17, 15) is 8.42 Å². The van der Waals surface area contributed by atoms with Crippen molar-refractivity contribution in [3.63, 3.8) is 0 Å². The van der Waals surface area contributed by atoms with Crippen molar-refractivity contribution in [2.45, 2.75) is 6.10 Å². The quantitative estimate of drug-likeness (QED) is 0.788. The van der Waals surface area contributed by atoms with Crippen LogP contribution in [0.25, 0.3) is 0 Å². The summed E-state index contributed by atoms with van der Waals surface area (Å²) in [5, 5.41) is 0. The zero-order valence-corrected chi connectivity index (χ0v) is 13.7. The van der Waals surface area contributed by atoms with E-state index < -0.39 is 10.0 Å². The van der Waals surface area contributed by atoms with E-state index in [0.717, 1.165) is 11.1 Å². The minimum Gasteiger partial charge on any atom is -0.367 e. The van der Waals surface area contributed by atoms with Crippen molar-refractivity contribution in [1.82, 2.24) is 4.31 Å². The molecule has 0 bridgehead atoms. The van der Waals surface area contributed by atoms with Gasteiger partial charge in [0.15, 0.2) is 0 Å². The lowest BCUT2D eigenvalue weighted by Gasteiger charge is -2.21. The molecule has 2 aromatic rings. The molecule has 0 heterocycles. The first-order chi connectivity index (χ1) is 10.5. The van der Waals surface area contributed by atoms with Crippen molar-refractivity contribution < 1.29 is 13.2 Å². The Morgan fingerprint density at radius 3 is 1.82 bits per heavy atom. The molecule has 0 aliphatic carbocycles. The van der Waals surface area contributed by atoms with Crippen molar-refractivity contribution in [3.8, 4) is 0 Å². The van der Waals surface area contributed by atoms with Crippen LogP contribution in [-0.4, -0.2) is 39.2 Å². The smallest absolute Gasteiger partial charge is 0.211 e. The lowest BCUT2D eigenvalue weighted by molar-refractivity contribution is 0.0749. The van der Waals surface area contributed by atoms with Gasteiger partial charge in [-0.05, 0) is 11.1 Å². The lowest BCUT2D eigenvalue weighted by atomic mass is 10.0. The fraction of sp³-hybridized carbons (Fsp3) is 0.294. The maximum atomic E-state index is 11.4. The number of nitrogens with zero attached hydrogens (tertiary/aromatic N) is 1. The number of hydrogen-bond acceptors (Lipinski definition) is 3. The molecule has 0 N–H and O–H groups in total. The topological polar surface area (TPSA) is 46.6 Å². The third-order valence-corrected chi connectivity index (χ3v) is 4.78. The van der Waals surface area contributed by atoms with Gasteiger partial charge in [-0.2, -0.15) is 0 Å². The number of hydrogen-bond donors (Lipinski definition) is 0. The van der Waals surface area contributed by atoms with Gasteiger partial charge in [0.2, 0.25) is 10.0 Å². The van der Waals surface area contributed by atoms with E-state index in [-0.39, 0.29) is 6.10 Å². The SMILES string of the molecule is CN(CCOC(c1ccccc1)c1ccccc1)S(C)(=O)=O. The third-order valence-electron chi connectivity index (χ3n) is 3.46. The van der Waals surface area contributed by atoms with Gasteiger partial charge in [-0.25, -0.2) is 12.7 Å². The summed E-state index contributed by atoms with van der Waals surface area (Å²) in [5.74, 6) is 0. The van der Waals surface area contributed by atoms with E-state index in [2.05, 4.69) is 0 Å². The maximum Gasteiger partial charge on any atom is 0.211 e. The monoisotopic (exact) mass is 319 g/mol. The van der Waals surface area contributed by atoms with Gasteiger partial charge in [-0.3, -0.25) is 0 Å². The lowest BCUT2D eigenvalue weighted by Crippen LogP contribution is -2.29. The van der Waals surface area contributed by atoms with Gasteiger partial charge in [0, 0.05) is 13.6 Å². The number of sulfonamides is 1. The highest BCUT2D eigenvalue weighted by molar-refractivity contribution is 7.88. The van der Waals surface area contributed by atoms with Crippen molar-refractivity contribution in [1.29, 1.82) is 0 Å². The van der Waals surface area contributed by atoms with Crippen LogP contribution in [0.3, 0.4) is 0 Å². The summed E-state index contributed by atoms with van der Waals surface area (Å²) in [4.78, 5) is 0. The van der Waals surface area contributed by atoms with Crippen LogP contribution in [0.5, 0.6) is 0 Å². The van der Waals surface area contributed by atoms with Gasteiger partial charge >= 0.3 is 0 Å². The van der Waals surface area contributed by atoms with E-state index in [4.69, 9.17) is 4.74 Å². The number of ether oxygens (including phenoxy) is 1. The summed E-state index contributed by atoms with van der Waals surface area (Å²) < 4.78 is 30.1. The van der Waals surface area contributed by atoms with Crippen LogP contribution in [0.4, 0.5) is 0 Å². The standard InChI is InChI=1S/C17H21NO3S/c1-18(22(2,19)20)13-14-21-17(15-9-5-3-6-10-15)16-11-7-4-8-12-16/h3-12,17H,13-14H2,1-2H3. The average Bonchev–Trinajstić information content (AvgIpc) is 2.52. The summed E-state index contributed by atoms with van der Waals surface area (Å²) in [6.07, 6.45) is 0.995. The number of benzene rings is 2. The highest BCUT2D eigenvalue weighted by atomic mass is 32.2. The van der Waals surface area contributed by atoms with Gasteiger partial charge in [0.05, 0.1) is 12.9 Å². The minimum absolute atomic E-state index is 0.199. The maximum absolute atomic E-state index is 11.4. The van der Waals surface area contributed by atoms with Crippen LogP contribution in [-0.2, 0) is 14.8 Å². The molecule has 0 atom stereocenters. The Morgan fingerprint density at radius 1 is 0.955 bits per heavy atom. The third kappa shape index (κ3) is 4.66. The summed E-state index contributed by atoms with van der Waals surface area (Å²) in [6.45, 7) is 0.660.